The van der Waals surface area contributed by atoms with Crippen LogP contribution in [0, 0.1) is 6.92 Å². The summed E-state index contributed by atoms with van der Waals surface area (Å²) in [4.78, 5) is 8.76. The van der Waals surface area contributed by atoms with Crippen molar-refractivity contribution in [2.24, 2.45) is 0 Å². The molecule has 0 saturated carbocycles. The zero-order chi connectivity index (χ0) is 12.4. The number of nitrogens with zero attached hydrogens (tertiary/aromatic N) is 4. The number of hydrogen-bond donors (Lipinski definition) is 1. The first-order valence-corrected chi connectivity index (χ1v) is 5.83. The second-order valence-electron chi connectivity index (χ2n) is 3.96. The normalized spacial score (nSPS) is 10.8. The Balaban J connectivity index is 2.51. The van der Waals surface area contributed by atoms with E-state index in [-0.39, 0.29) is 0 Å². The first-order chi connectivity index (χ1) is 8.15. The Morgan fingerprint density at radius 1 is 1.29 bits per heavy atom. The molecule has 0 bridgehead atoms. The molecule has 5 heteroatoms. The van der Waals surface area contributed by atoms with Gasteiger partial charge in [0.2, 0.25) is 0 Å². The van der Waals surface area contributed by atoms with Crippen LogP contribution in [0.25, 0.3) is 5.82 Å². The number of anilines is 1. The van der Waals surface area contributed by atoms with Crippen LogP contribution in [-0.2, 0) is 12.8 Å². The van der Waals surface area contributed by atoms with Gasteiger partial charge in [0.15, 0.2) is 11.6 Å². The molecule has 2 rings (SSSR count). The number of nitrogens with two attached hydrogens (primary N) is 1. The topological polar surface area (TPSA) is 69.6 Å². The highest BCUT2D eigenvalue weighted by molar-refractivity contribution is 5.47. The number of aryl methyl sites for hydroxylation is 3. The van der Waals surface area contributed by atoms with E-state index < -0.39 is 0 Å². The van der Waals surface area contributed by atoms with E-state index >= 15 is 0 Å². The summed E-state index contributed by atoms with van der Waals surface area (Å²) in [7, 11) is 0. The maximum Gasteiger partial charge on any atom is 0.155 e. The quantitative estimate of drug-likeness (QED) is 0.872. The fraction of sp³-hybridized carbons (Fsp3) is 0.417. The number of nitrogen functional groups attached to an aromatic ring is 1. The SMILES string of the molecule is CCc1nc(CC)n(-c2cc(C)c(N)cn2)n1. The highest BCUT2D eigenvalue weighted by Gasteiger charge is 2.10. The molecule has 0 aliphatic heterocycles. The van der Waals surface area contributed by atoms with E-state index in [0.29, 0.717) is 5.69 Å². The summed E-state index contributed by atoms with van der Waals surface area (Å²) in [5.41, 5.74) is 7.46. The largest absolute Gasteiger partial charge is 0.397 e. The molecule has 0 aromatic carbocycles. The van der Waals surface area contributed by atoms with Crippen molar-refractivity contribution in [3.05, 3.63) is 29.5 Å². The van der Waals surface area contributed by atoms with Crippen LogP contribution in [0.1, 0.15) is 31.1 Å². The third kappa shape index (κ3) is 2.13. The fourth-order valence-electron chi connectivity index (χ4n) is 1.62. The monoisotopic (exact) mass is 231 g/mol. The summed E-state index contributed by atoms with van der Waals surface area (Å²) in [5.74, 6) is 2.55. The van der Waals surface area contributed by atoms with Gasteiger partial charge in [-0.15, -0.1) is 5.10 Å². The van der Waals surface area contributed by atoms with Gasteiger partial charge in [0.05, 0.1) is 11.9 Å². The minimum atomic E-state index is 0.697. The van der Waals surface area contributed by atoms with E-state index in [1.807, 2.05) is 19.9 Å². The molecule has 0 radical (unpaired) electrons. The van der Waals surface area contributed by atoms with Crippen LogP contribution in [-0.4, -0.2) is 19.7 Å². The smallest absolute Gasteiger partial charge is 0.155 e. The predicted octanol–water partition coefficient (Wildman–Crippen LogP) is 1.68. The van der Waals surface area contributed by atoms with Crippen LogP contribution in [0.4, 0.5) is 5.69 Å². The van der Waals surface area contributed by atoms with E-state index in [4.69, 9.17) is 5.73 Å². The maximum atomic E-state index is 5.76. The molecule has 5 nitrogen and oxygen atoms in total. The molecule has 0 amide bonds. The van der Waals surface area contributed by atoms with Gasteiger partial charge < -0.3 is 5.73 Å². The molecule has 0 fully saturated rings. The summed E-state index contributed by atoms with van der Waals surface area (Å²) in [6, 6.07) is 1.93. The lowest BCUT2D eigenvalue weighted by Crippen LogP contribution is -2.05. The van der Waals surface area contributed by atoms with Crippen molar-refractivity contribution in [1.82, 2.24) is 19.7 Å². The third-order valence-electron chi connectivity index (χ3n) is 2.70. The van der Waals surface area contributed by atoms with Gasteiger partial charge in [-0.2, -0.15) is 4.68 Å². The Labute approximate surface area is 101 Å². The number of rotatable bonds is 3. The molecule has 2 N–H and O–H groups in total. The van der Waals surface area contributed by atoms with Crippen LogP contribution >= 0.6 is 0 Å². The number of aromatic nitrogens is 4. The van der Waals surface area contributed by atoms with Gasteiger partial charge in [0.1, 0.15) is 5.82 Å². The van der Waals surface area contributed by atoms with Gasteiger partial charge in [-0.1, -0.05) is 13.8 Å². The molecule has 0 atom stereocenters. The molecule has 17 heavy (non-hydrogen) atoms. The summed E-state index contributed by atoms with van der Waals surface area (Å²) >= 11 is 0. The van der Waals surface area contributed by atoms with Crippen molar-refractivity contribution in [2.45, 2.75) is 33.6 Å². The summed E-state index contributed by atoms with van der Waals surface area (Å²) in [6.07, 6.45) is 3.32. The molecule has 0 aliphatic carbocycles. The molecule has 2 aromatic heterocycles. The molecule has 0 saturated heterocycles. The van der Waals surface area contributed by atoms with Crippen LogP contribution < -0.4 is 5.73 Å². The highest BCUT2D eigenvalue weighted by Crippen LogP contribution is 2.14. The summed E-state index contributed by atoms with van der Waals surface area (Å²) < 4.78 is 1.80. The summed E-state index contributed by atoms with van der Waals surface area (Å²) in [6.45, 7) is 6.06. The lowest BCUT2D eigenvalue weighted by Gasteiger charge is -2.05. The number of hydrogen-bond acceptors (Lipinski definition) is 4. The second kappa shape index (κ2) is 4.53. The maximum absolute atomic E-state index is 5.76. The molecular formula is C12H17N5. The van der Waals surface area contributed by atoms with Crippen molar-refractivity contribution in [3.63, 3.8) is 0 Å². The second-order valence-corrected chi connectivity index (χ2v) is 3.96. The fourth-order valence-corrected chi connectivity index (χ4v) is 1.62. The zero-order valence-electron chi connectivity index (χ0n) is 10.4. The van der Waals surface area contributed by atoms with Gasteiger partial charge in [-0.3, -0.25) is 0 Å². The Bertz CT molecular complexity index is 530. The standard InChI is InChI=1S/C12H17N5/c1-4-10-15-11(5-2)17(16-10)12-6-8(3)9(13)7-14-12/h6-7H,4-5,13H2,1-3H3. The molecule has 2 aromatic rings. The van der Waals surface area contributed by atoms with Crippen LogP contribution in [0.5, 0.6) is 0 Å². The molecule has 0 aliphatic rings. The van der Waals surface area contributed by atoms with Gasteiger partial charge >= 0.3 is 0 Å². The molecule has 0 unspecified atom stereocenters. The Morgan fingerprint density at radius 2 is 2.06 bits per heavy atom. The van der Waals surface area contributed by atoms with E-state index in [2.05, 4.69) is 22.0 Å². The lowest BCUT2D eigenvalue weighted by atomic mass is 10.2. The lowest BCUT2D eigenvalue weighted by molar-refractivity contribution is 0.768. The van der Waals surface area contributed by atoms with Gasteiger partial charge in [-0.05, 0) is 18.6 Å². The Kier molecular flexibility index (Phi) is 3.08. The molecule has 90 valence electrons. The predicted molar refractivity (Wildman–Crippen MR) is 67.1 cm³/mol. The molecule has 0 spiro atoms. The van der Waals surface area contributed by atoms with E-state index in [0.717, 1.165) is 35.9 Å². The number of pyridine rings is 1. The van der Waals surface area contributed by atoms with Crippen molar-refractivity contribution < 1.29 is 0 Å². The Hall–Kier alpha value is -1.91. The zero-order valence-corrected chi connectivity index (χ0v) is 10.4. The first-order valence-electron chi connectivity index (χ1n) is 5.83. The van der Waals surface area contributed by atoms with Crippen molar-refractivity contribution in [3.8, 4) is 5.82 Å². The first kappa shape index (κ1) is 11.6. The van der Waals surface area contributed by atoms with Gasteiger partial charge in [0, 0.05) is 12.8 Å². The van der Waals surface area contributed by atoms with Crippen molar-refractivity contribution in [2.75, 3.05) is 5.73 Å². The van der Waals surface area contributed by atoms with Crippen LogP contribution in [0.15, 0.2) is 12.3 Å². The van der Waals surface area contributed by atoms with E-state index in [9.17, 15) is 0 Å². The summed E-state index contributed by atoms with van der Waals surface area (Å²) in [5, 5.41) is 4.44. The average molecular weight is 231 g/mol. The van der Waals surface area contributed by atoms with Crippen LogP contribution in [0.3, 0.4) is 0 Å². The minimum absolute atomic E-state index is 0.697. The minimum Gasteiger partial charge on any atom is -0.397 e. The van der Waals surface area contributed by atoms with Gasteiger partial charge in [-0.25, -0.2) is 9.97 Å². The van der Waals surface area contributed by atoms with Gasteiger partial charge in [0.25, 0.3) is 0 Å². The average Bonchev–Trinajstić information content (AvgIpc) is 2.76. The highest BCUT2D eigenvalue weighted by atomic mass is 15.4. The Morgan fingerprint density at radius 3 is 2.65 bits per heavy atom. The van der Waals surface area contributed by atoms with Crippen molar-refractivity contribution >= 4 is 5.69 Å². The molecule has 2 heterocycles. The van der Waals surface area contributed by atoms with Crippen LogP contribution in [0.2, 0.25) is 0 Å². The third-order valence-corrected chi connectivity index (χ3v) is 2.70. The van der Waals surface area contributed by atoms with E-state index in [1.54, 1.807) is 10.9 Å². The van der Waals surface area contributed by atoms with E-state index in [1.165, 1.54) is 0 Å². The van der Waals surface area contributed by atoms with Crippen molar-refractivity contribution in [1.29, 1.82) is 0 Å². The molecular weight excluding hydrogens is 214 g/mol.